The number of aliphatic hydroxyl groups excluding tert-OH is 1. The first-order valence-electron chi connectivity index (χ1n) is 26.9. The standard InChI is InChI=1S/C57H103N2O6P/c1-6-8-10-12-14-16-18-20-22-24-26-28-29-31-33-35-37-39-41-43-45-47-49-51-57(61)58-55(54-65-66(62,63)64-53-52-59(3,4)5)56(60)50-48-46-44-42-40-38-36-34-32-30-27-25-23-21-19-17-15-13-11-9-7-2/h8,10,14,16,20,22,26,28,32,34,40,42,48,50,55-56,60H,6-7,9,11-13,15,17-19,21,23-25,27,29-31,33,35-39,41,43-47,49,51-54H2,1-5H3,(H-,58,61,62,63)/b10-8-,16-14-,22-20-,28-26-,34-32+,42-40+,50-48+. The highest BCUT2D eigenvalue weighted by molar-refractivity contribution is 7.45. The van der Waals surface area contributed by atoms with Gasteiger partial charge >= 0.3 is 0 Å². The molecule has 66 heavy (non-hydrogen) atoms. The summed E-state index contributed by atoms with van der Waals surface area (Å²) in [5.41, 5.74) is 0. The number of nitrogens with zero attached hydrogens (tertiary/aromatic N) is 1. The van der Waals surface area contributed by atoms with E-state index >= 15 is 0 Å². The number of hydrogen-bond acceptors (Lipinski definition) is 6. The fourth-order valence-corrected chi connectivity index (χ4v) is 8.07. The van der Waals surface area contributed by atoms with Crippen molar-refractivity contribution in [2.24, 2.45) is 0 Å². The highest BCUT2D eigenvalue weighted by Crippen LogP contribution is 2.38. The van der Waals surface area contributed by atoms with E-state index in [9.17, 15) is 19.4 Å². The molecule has 0 saturated carbocycles. The Hall–Kier alpha value is -2.32. The molecule has 0 spiro atoms. The fourth-order valence-electron chi connectivity index (χ4n) is 7.35. The lowest BCUT2D eigenvalue weighted by Gasteiger charge is -2.29. The number of rotatable bonds is 48. The third-order valence-corrected chi connectivity index (χ3v) is 12.5. The number of likely N-dealkylation sites (N-methyl/N-ethyl adjacent to an activating group) is 1. The topological polar surface area (TPSA) is 108 Å². The van der Waals surface area contributed by atoms with E-state index in [1.807, 2.05) is 27.2 Å². The number of aliphatic hydroxyl groups is 1. The first-order valence-corrected chi connectivity index (χ1v) is 28.4. The summed E-state index contributed by atoms with van der Waals surface area (Å²) in [7, 11) is 1.22. The Morgan fingerprint density at radius 1 is 0.545 bits per heavy atom. The number of phosphoric acid groups is 1. The van der Waals surface area contributed by atoms with Crippen molar-refractivity contribution in [1.29, 1.82) is 0 Å². The smallest absolute Gasteiger partial charge is 0.268 e. The summed E-state index contributed by atoms with van der Waals surface area (Å²) in [6, 6.07) is -0.917. The van der Waals surface area contributed by atoms with E-state index in [1.54, 1.807) is 6.08 Å². The van der Waals surface area contributed by atoms with Crippen LogP contribution in [0.1, 0.15) is 219 Å². The lowest BCUT2D eigenvalue weighted by molar-refractivity contribution is -0.870. The number of carbonyl (C=O) groups is 1. The molecule has 3 unspecified atom stereocenters. The van der Waals surface area contributed by atoms with Gasteiger partial charge in [-0.1, -0.05) is 214 Å². The van der Waals surface area contributed by atoms with Crippen molar-refractivity contribution in [1.82, 2.24) is 5.32 Å². The molecular formula is C57H103N2O6P. The van der Waals surface area contributed by atoms with Crippen molar-refractivity contribution >= 4 is 13.7 Å². The molecule has 0 aromatic carbocycles. The SMILES string of the molecule is CC/C=C\C/C=C\C/C=C\C/C=C\CCCCCCCCCCCCC(=O)NC(COP(=O)([O-])OCC[N+](C)(C)C)C(O)/C=C/CC/C=C/CC/C=C/CCCCCCCCCCCCC. The zero-order valence-electron chi connectivity index (χ0n) is 43.4. The molecule has 1 amide bonds. The number of allylic oxidation sites excluding steroid dienone is 13. The van der Waals surface area contributed by atoms with Crippen LogP contribution in [-0.4, -0.2) is 68.5 Å². The molecule has 382 valence electrons. The van der Waals surface area contributed by atoms with E-state index in [0.717, 1.165) is 77.0 Å². The number of quaternary nitrogens is 1. The summed E-state index contributed by atoms with van der Waals surface area (Å²) in [5.74, 6) is -0.219. The summed E-state index contributed by atoms with van der Waals surface area (Å²) < 4.78 is 23.3. The molecule has 0 aromatic heterocycles. The molecule has 0 bridgehead atoms. The normalized spacial score (nSPS) is 14.7. The van der Waals surface area contributed by atoms with Crippen LogP contribution in [0.2, 0.25) is 0 Å². The fraction of sp³-hybridized carbons (Fsp3) is 0.737. The second-order valence-corrected chi connectivity index (χ2v) is 20.6. The van der Waals surface area contributed by atoms with Crippen LogP contribution in [0, 0.1) is 0 Å². The van der Waals surface area contributed by atoms with Crippen LogP contribution < -0.4 is 10.2 Å². The van der Waals surface area contributed by atoms with Crippen molar-refractivity contribution in [2.45, 2.75) is 231 Å². The van der Waals surface area contributed by atoms with Gasteiger partial charge in [-0.15, -0.1) is 0 Å². The van der Waals surface area contributed by atoms with Crippen LogP contribution in [0.3, 0.4) is 0 Å². The average Bonchev–Trinajstić information content (AvgIpc) is 3.28. The monoisotopic (exact) mass is 943 g/mol. The molecule has 0 saturated heterocycles. The molecule has 0 aromatic rings. The first kappa shape index (κ1) is 63.7. The van der Waals surface area contributed by atoms with Crippen LogP contribution >= 0.6 is 7.82 Å². The number of unbranched alkanes of at least 4 members (excludes halogenated alkanes) is 23. The van der Waals surface area contributed by atoms with Crippen molar-refractivity contribution < 1.29 is 32.9 Å². The summed E-state index contributed by atoms with van der Waals surface area (Å²) in [6.07, 6.45) is 66.5. The molecule has 0 aliphatic heterocycles. The summed E-state index contributed by atoms with van der Waals surface area (Å²) in [4.78, 5) is 25.5. The highest BCUT2D eigenvalue weighted by Gasteiger charge is 2.23. The Morgan fingerprint density at radius 2 is 0.939 bits per heavy atom. The van der Waals surface area contributed by atoms with E-state index in [0.29, 0.717) is 17.4 Å². The molecule has 0 rings (SSSR count). The maximum atomic E-state index is 12.9. The van der Waals surface area contributed by atoms with Gasteiger partial charge in [0.15, 0.2) is 0 Å². The first-order chi connectivity index (χ1) is 32.0. The summed E-state index contributed by atoms with van der Waals surface area (Å²) in [5, 5.41) is 13.8. The number of carbonyl (C=O) groups excluding carboxylic acids is 1. The van der Waals surface area contributed by atoms with Gasteiger partial charge in [-0.25, -0.2) is 0 Å². The molecule has 0 aliphatic rings. The lowest BCUT2D eigenvalue weighted by Crippen LogP contribution is -2.45. The Morgan fingerprint density at radius 3 is 1.41 bits per heavy atom. The molecule has 0 radical (unpaired) electrons. The Kier molecular flexibility index (Phi) is 46.1. The second-order valence-electron chi connectivity index (χ2n) is 19.2. The molecule has 0 fully saturated rings. The number of amides is 1. The van der Waals surface area contributed by atoms with E-state index in [1.165, 1.54) is 122 Å². The third kappa shape index (κ3) is 49.6. The van der Waals surface area contributed by atoms with E-state index in [2.05, 4.69) is 92.1 Å². The largest absolute Gasteiger partial charge is 0.756 e. The molecule has 0 aliphatic carbocycles. The number of phosphoric ester groups is 1. The van der Waals surface area contributed by atoms with Crippen LogP contribution in [0.25, 0.3) is 0 Å². The minimum atomic E-state index is -4.61. The summed E-state index contributed by atoms with van der Waals surface area (Å²) >= 11 is 0. The lowest BCUT2D eigenvalue weighted by atomic mass is 10.0. The summed E-state index contributed by atoms with van der Waals surface area (Å²) in [6.45, 7) is 4.50. The average molecular weight is 943 g/mol. The molecule has 8 nitrogen and oxygen atoms in total. The van der Waals surface area contributed by atoms with Gasteiger partial charge < -0.3 is 28.8 Å². The van der Waals surface area contributed by atoms with E-state index < -0.39 is 26.6 Å². The van der Waals surface area contributed by atoms with Crippen molar-refractivity contribution in [3.8, 4) is 0 Å². The van der Waals surface area contributed by atoms with Crippen LogP contribution in [0.5, 0.6) is 0 Å². The number of hydrogen-bond donors (Lipinski definition) is 2. The highest BCUT2D eigenvalue weighted by atomic mass is 31.2. The van der Waals surface area contributed by atoms with Gasteiger partial charge in [-0.2, -0.15) is 0 Å². The Labute approximate surface area is 407 Å². The minimum absolute atomic E-state index is 0.0136. The van der Waals surface area contributed by atoms with Crippen LogP contribution in [0.4, 0.5) is 0 Å². The molecule has 3 atom stereocenters. The van der Waals surface area contributed by atoms with Gasteiger partial charge in [0.2, 0.25) is 5.91 Å². The predicted molar refractivity (Wildman–Crippen MR) is 283 cm³/mol. The molecule has 9 heteroatoms. The minimum Gasteiger partial charge on any atom is -0.756 e. The maximum absolute atomic E-state index is 12.9. The number of nitrogens with one attached hydrogen (secondary N) is 1. The van der Waals surface area contributed by atoms with Crippen LogP contribution in [0.15, 0.2) is 85.1 Å². The van der Waals surface area contributed by atoms with E-state index in [-0.39, 0.29) is 12.5 Å². The van der Waals surface area contributed by atoms with Crippen molar-refractivity contribution in [3.05, 3.63) is 85.1 Å². The zero-order valence-corrected chi connectivity index (χ0v) is 44.3. The third-order valence-electron chi connectivity index (χ3n) is 11.6. The van der Waals surface area contributed by atoms with Crippen LogP contribution in [-0.2, 0) is 18.4 Å². The van der Waals surface area contributed by atoms with Gasteiger partial charge in [0.05, 0.1) is 39.9 Å². The van der Waals surface area contributed by atoms with Crippen molar-refractivity contribution in [3.63, 3.8) is 0 Å². The van der Waals surface area contributed by atoms with Gasteiger partial charge in [0.25, 0.3) is 7.82 Å². The quantitative estimate of drug-likeness (QED) is 0.0272. The van der Waals surface area contributed by atoms with Gasteiger partial charge in [-0.3, -0.25) is 9.36 Å². The Balaban J connectivity index is 4.36. The molecule has 0 heterocycles. The predicted octanol–water partition coefficient (Wildman–Crippen LogP) is 15.5. The van der Waals surface area contributed by atoms with E-state index in [4.69, 9.17) is 9.05 Å². The second kappa shape index (κ2) is 47.7. The maximum Gasteiger partial charge on any atom is 0.268 e. The van der Waals surface area contributed by atoms with Gasteiger partial charge in [-0.05, 0) is 83.5 Å². The Bertz CT molecular complexity index is 1350. The van der Waals surface area contributed by atoms with Crippen molar-refractivity contribution in [2.75, 3.05) is 40.9 Å². The van der Waals surface area contributed by atoms with Gasteiger partial charge in [0.1, 0.15) is 13.2 Å². The molecular weight excluding hydrogens is 840 g/mol. The molecule has 2 N–H and O–H groups in total. The van der Waals surface area contributed by atoms with Gasteiger partial charge in [0, 0.05) is 6.42 Å². The zero-order chi connectivity index (χ0) is 48.5.